The van der Waals surface area contributed by atoms with Gasteiger partial charge in [0.1, 0.15) is 0 Å². The number of nitrogens with zero attached hydrogens (tertiary/aromatic N) is 2. The molecule has 1 aromatic heterocycles. The number of pyridine rings is 1. The minimum absolute atomic E-state index is 0.0834. The highest BCUT2D eigenvalue weighted by molar-refractivity contribution is 5.79. The molecule has 0 aliphatic carbocycles. The summed E-state index contributed by atoms with van der Waals surface area (Å²) in [7, 11) is 1.75. The molecular formula is C16H28N4O. The molecule has 118 valence electrons. The van der Waals surface area contributed by atoms with Crippen molar-refractivity contribution in [1.29, 1.82) is 0 Å². The number of hydrogen-bond donors (Lipinski definition) is 2. The molecule has 1 rings (SSSR count). The summed E-state index contributed by atoms with van der Waals surface area (Å²) >= 11 is 0. The predicted octanol–water partition coefficient (Wildman–Crippen LogP) is 2.20. The number of aliphatic imine (C=N–C) groups is 1. The summed E-state index contributed by atoms with van der Waals surface area (Å²) in [6, 6.07) is 5.85. The molecule has 0 spiro atoms. The van der Waals surface area contributed by atoms with E-state index in [1.54, 1.807) is 13.3 Å². The molecule has 0 aliphatic heterocycles. The lowest BCUT2D eigenvalue weighted by Gasteiger charge is -2.30. The van der Waals surface area contributed by atoms with Gasteiger partial charge in [-0.3, -0.25) is 4.98 Å². The maximum Gasteiger partial charge on any atom is 0.191 e. The topological polar surface area (TPSA) is 58.5 Å². The van der Waals surface area contributed by atoms with Crippen molar-refractivity contribution in [3.05, 3.63) is 30.1 Å². The zero-order valence-electron chi connectivity index (χ0n) is 13.8. The normalized spacial score (nSPS) is 13.9. The van der Waals surface area contributed by atoms with Crippen LogP contribution in [0, 0.1) is 5.41 Å². The van der Waals surface area contributed by atoms with Gasteiger partial charge in [0.25, 0.3) is 0 Å². The van der Waals surface area contributed by atoms with Crippen LogP contribution in [-0.2, 0) is 11.3 Å². The van der Waals surface area contributed by atoms with E-state index >= 15 is 0 Å². The minimum Gasteiger partial charge on any atom is -0.379 e. The summed E-state index contributed by atoms with van der Waals surface area (Å²) in [6.45, 7) is 10.6. The summed E-state index contributed by atoms with van der Waals surface area (Å²) in [5, 5.41) is 6.57. The molecule has 1 unspecified atom stereocenters. The fourth-order valence-corrected chi connectivity index (χ4v) is 1.93. The van der Waals surface area contributed by atoms with Crippen LogP contribution in [-0.4, -0.2) is 37.2 Å². The van der Waals surface area contributed by atoms with Crippen LogP contribution in [0.3, 0.4) is 0 Å². The lowest BCUT2D eigenvalue weighted by atomic mass is 9.89. The fourth-order valence-electron chi connectivity index (χ4n) is 1.93. The molecule has 0 aromatic carbocycles. The number of rotatable bonds is 6. The Morgan fingerprint density at radius 2 is 2.10 bits per heavy atom. The van der Waals surface area contributed by atoms with E-state index in [1.165, 1.54) is 0 Å². The first kappa shape index (κ1) is 17.4. The smallest absolute Gasteiger partial charge is 0.191 e. The third-order valence-corrected chi connectivity index (χ3v) is 3.17. The number of nitrogens with one attached hydrogen (secondary N) is 2. The van der Waals surface area contributed by atoms with Gasteiger partial charge >= 0.3 is 0 Å². The van der Waals surface area contributed by atoms with Crippen LogP contribution in [0.15, 0.2) is 29.4 Å². The van der Waals surface area contributed by atoms with Gasteiger partial charge in [-0.2, -0.15) is 0 Å². The van der Waals surface area contributed by atoms with Gasteiger partial charge in [0.05, 0.1) is 18.3 Å². The highest BCUT2D eigenvalue weighted by Crippen LogP contribution is 2.20. The summed E-state index contributed by atoms with van der Waals surface area (Å²) in [6.07, 6.45) is 1.90. The first-order chi connectivity index (χ1) is 9.97. The summed E-state index contributed by atoms with van der Waals surface area (Å²) in [4.78, 5) is 8.82. The van der Waals surface area contributed by atoms with Crippen LogP contribution in [0.25, 0.3) is 0 Å². The summed E-state index contributed by atoms with van der Waals surface area (Å²) < 4.78 is 5.55. The molecule has 0 amide bonds. The predicted molar refractivity (Wildman–Crippen MR) is 87.3 cm³/mol. The maximum absolute atomic E-state index is 5.55. The Hall–Kier alpha value is -1.62. The molecule has 0 fully saturated rings. The van der Waals surface area contributed by atoms with E-state index in [4.69, 9.17) is 4.74 Å². The van der Waals surface area contributed by atoms with Crippen molar-refractivity contribution in [3.63, 3.8) is 0 Å². The second-order valence-corrected chi connectivity index (χ2v) is 5.99. The van der Waals surface area contributed by atoms with Gasteiger partial charge in [-0.15, -0.1) is 0 Å². The first-order valence-electron chi connectivity index (χ1n) is 7.42. The van der Waals surface area contributed by atoms with E-state index in [-0.39, 0.29) is 11.5 Å². The summed E-state index contributed by atoms with van der Waals surface area (Å²) in [5.41, 5.74) is 1.04. The molecule has 1 atom stereocenters. The molecule has 0 saturated heterocycles. The molecule has 0 radical (unpaired) electrons. The van der Waals surface area contributed by atoms with Gasteiger partial charge < -0.3 is 15.4 Å². The molecule has 0 bridgehead atoms. The second-order valence-electron chi connectivity index (χ2n) is 5.99. The number of hydrogen-bond acceptors (Lipinski definition) is 3. The molecular weight excluding hydrogens is 264 g/mol. The highest BCUT2D eigenvalue weighted by atomic mass is 16.5. The standard InChI is InChI=1S/C16H28N4O/c1-6-17-15(19-11-13-9-7-8-10-18-13)20-12-14(21-5)16(2,3)4/h7-10,14H,6,11-12H2,1-5H3,(H2,17,19,20). The van der Waals surface area contributed by atoms with Gasteiger partial charge in [-0.05, 0) is 24.5 Å². The average Bonchev–Trinajstić information content (AvgIpc) is 2.45. The lowest BCUT2D eigenvalue weighted by molar-refractivity contribution is 0.0205. The SMILES string of the molecule is CCNC(=NCc1ccccn1)NCC(OC)C(C)(C)C. The van der Waals surface area contributed by atoms with Crippen molar-refractivity contribution < 1.29 is 4.74 Å². The second kappa shape index (κ2) is 8.62. The first-order valence-corrected chi connectivity index (χ1v) is 7.42. The van der Waals surface area contributed by atoms with Gasteiger partial charge in [-0.1, -0.05) is 26.8 Å². The molecule has 0 saturated carbocycles. The Balaban J connectivity index is 2.60. The van der Waals surface area contributed by atoms with E-state index in [2.05, 4.69) is 48.3 Å². The maximum atomic E-state index is 5.55. The van der Waals surface area contributed by atoms with Crippen LogP contribution < -0.4 is 10.6 Å². The van der Waals surface area contributed by atoms with E-state index in [0.29, 0.717) is 13.1 Å². The largest absolute Gasteiger partial charge is 0.379 e. The number of methoxy groups -OCH3 is 1. The molecule has 5 nitrogen and oxygen atoms in total. The number of ether oxygens (including phenoxy) is 1. The van der Waals surface area contributed by atoms with Crippen molar-refractivity contribution >= 4 is 5.96 Å². The zero-order chi connectivity index (χ0) is 15.7. The fraction of sp³-hybridized carbons (Fsp3) is 0.625. The van der Waals surface area contributed by atoms with E-state index in [0.717, 1.165) is 18.2 Å². The van der Waals surface area contributed by atoms with Gasteiger partial charge in [-0.25, -0.2) is 4.99 Å². The highest BCUT2D eigenvalue weighted by Gasteiger charge is 2.24. The Bertz CT molecular complexity index is 426. The third kappa shape index (κ3) is 6.58. The van der Waals surface area contributed by atoms with Crippen LogP contribution >= 0.6 is 0 Å². The minimum atomic E-state index is 0.0834. The van der Waals surface area contributed by atoms with E-state index in [9.17, 15) is 0 Å². The van der Waals surface area contributed by atoms with Crippen LogP contribution in [0.5, 0.6) is 0 Å². The Labute approximate surface area is 128 Å². The molecule has 2 N–H and O–H groups in total. The van der Waals surface area contributed by atoms with E-state index < -0.39 is 0 Å². The number of aromatic nitrogens is 1. The molecule has 5 heteroatoms. The van der Waals surface area contributed by atoms with Gasteiger partial charge in [0.15, 0.2) is 5.96 Å². The quantitative estimate of drug-likeness (QED) is 0.623. The van der Waals surface area contributed by atoms with Gasteiger partial charge in [0, 0.05) is 26.4 Å². The lowest BCUT2D eigenvalue weighted by Crippen LogP contribution is -2.45. The molecule has 1 aromatic rings. The van der Waals surface area contributed by atoms with Crippen molar-refractivity contribution in [2.75, 3.05) is 20.2 Å². The van der Waals surface area contributed by atoms with Crippen LogP contribution in [0.1, 0.15) is 33.4 Å². The summed E-state index contributed by atoms with van der Waals surface area (Å²) in [5.74, 6) is 0.787. The van der Waals surface area contributed by atoms with E-state index in [1.807, 2.05) is 18.2 Å². The average molecular weight is 292 g/mol. The Morgan fingerprint density at radius 1 is 1.33 bits per heavy atom. The number of guanidine groups is 1. The Morgan fingerprint density at radius 3 is 2.62 bits per heavy atom. The third-order valence-electron chi connectivity index (χ3n) is 3.17. The monoisotopic (exact) mass is 292 g/mol. The van der Waals surface area contributed by atoms with Gasteiger partial charge in [0.2, 0.25) is 0 Å². The van der Waals surface area contributed by atoms with Crippen LogP contribution in [0.4, 0.5) is 0 Å². The van der Waals surface area contributed by atoms with Crippen molar-refractivity contribution in [2.45, 2.75) is 40.3 Å². The van der Waals surface area contributed by atoms with Crippen molar-refractivity contribution in [2.24, 2.45) is 10.4 Å². The Kier molecular flexibility index (Phi) is 7.15. The van der Waals surface area contributed by atoms with Crippen molar-refractivity contribution in [3.8, 4) is 0 Å². The van der Waals surface area contributed by atoms with Crippen LogP contribution in [0.2, 0.25) is 0 Å². The molecule has 0 aliphatic rings. The van der Waals surface area contributed by atoms with Crippen molar-refractivity contribution in [1.82, 2.24) is 15.6 Å². The molecule has 1 heterocycles. The zero-order valence-corrected chi connectivity index (χ0v) is 13.8. The molecule has 21 heavy (non-hydrogen) atoms.